The van der Waals surface area contributed by atoms with Crippen LogP contribution in [-0.2, 0) is 11.3 Å². The van der Waals surface area contributed by atoms with Gasteiger partial charge in [-0.1, -0.05) is 36.4 Å². The van der Waals surface area contributed by atoms with Gasteiger partial charge in [0.25, 0.3) is 0 Å². The number of hydrogen-bond acceptors (Lipinski definition) is 4. The van der Waals surface area contributed by atoms with Crippen molar-refractivity contribution in [3.05, 3.63) is 59.7 Å². The summed E-state index contributed by atoms with van der Waals surface area (Å²) in [5, 5.41) is 5.66. The highest BCUT2D eigenvalue weighted by Gasteiger charge is 2.12. The number of rotatable bonds is 9. The molecule has 1 atom stereocenters. The zero-order valence-electron chi connectivity index (χ0n) is 15.5. The first-order valence-electron chi connectivity index (χ1n) is 8.57. The normalized spacial score (nSPS) is 11.5. The molecule has 0 radical (unpaired) electrons. The molecule has 6 nitrogen and oxygen atoms in total. The molecule has 0 spiro atoms. The van der Waals surface area contributed by atoms with E-state index in [2.05, 4.69) is 10.6 Å². The molecule has 2 aromatic carbocycles. The lowest BCUT2D eigenvalue weighted by atomic mass is 10.1. The number of methoxy groups -OCH3 is 2. The molecule has 0 heterocycles. The Bertz CT molecular complexity index is 691. The van der Waals surface area contributed by atoms with E-state index >= 15 is 0 Å². The van der Waals surface area contributed by atoms with Crippen molar-refractivity contribution < 1.29 is 19.0 Å². The number of hydrogen-bond donors (Lipinski definition) is 2. The molecular weight excluding hydrogens is 332 g/mol. The smallest absolute Gasteiger partial charge is 0.315 e. The average molecular weight is 358 g/mol. The lowest BCUT2D eigenvalue weighted by Crippen LogP contribution is -2.37. The largest absolute Gasteiger partial charge is 0.493 e. The number of amides is 2. The summed E-state index contributed by atoms with van der Waals surface area (Å²) in [6, 6.07) is 15.1. The summed E-state index contributed by atoms with van der Waals surface area (Å²) in [4.78, 5) is 12.1. The molecule has 0 fully saturated rings. The van der Waals surface area contributed by atoms with Crippen LogP contribution in [0.5, 0.6) is 11.5 Å². The fourth-order valence-corrected chi connectivity index (χ4v) is 2.53. The lowest BCUT2D eigenvalue weighted by molar-refractivity contribution is 0.104. The maximum atomic E-state index is 12.1. The molecule has 2 N–H and O–H groups in total. The summed E-state index contributed by atoms with van der Waals surface area (Å²) in [5.41, 5.74) is 1.94. The van der Waals surface area contributed by atoms with Crippen LogP contribution in [0.2, 0.25) is 0 Å². The van der Waals surface area contributed by atoms with Crippen LogP contribution in [-0.4, -0.2) is 33.4 Å². The van der Waals surface area contributed by atoms with Crippen molar-refractivity contribution in [2.75, 3.05) is 27.4 Å². The number of ether oxygens (including phenoxy) is 3. The van der Waals surface area contributed by atoms with Crippen LogP contribution in [0.1, 0.15) is 24.2 Å². The van der Waals surface area contributed by atoms with Gasteiger partial charge in [-0.3, -0.25) is 0 Å². The number of nitrogens with one attached hydrogen (secondary N) is 2. The van der Waals surface area contributed by atoms with Gasteiger partial charge in [0.2, 0.25) is 0 Å². The van der Waals surface area contributed by atoms with Crippen molar-refractivity contribution in [1.29, 1.82) is 0 Å². The second-order valence-corrected chi connectivity index (χ2v) is 5.62. The van der Waals surface area contributed by atoms with Crippen LogP contribution in [0.3, 0.4) is 0 Å². The minimum Gasteiger partial charge on any atom is -0.493 e. The van der Waals surface area contributed by atoms with Crippen molar-refractivity contribution in [1.82, 2.24) is 10.6 Å². The molecule has 2 aromatic rings. The van der Waals surface area contributed by atoms with Crippen molar-refractivity contribution in [3.63, 3.8) is 0 Å². The van der Waals surface area contributed by atoms with Crippen LogP contribution in [0.25, 0.3) is 0 Å². The number of urea groups is 1. The van der Waals surface area contributed by atoms with Gasteiger partial charge in [-0.05, 0) is 30.2 Å². The Kier molecular flexibility index (Phi) is 7.76. The predicted octanol–water partition coefficient (Wildman–Crippen LogP) is 3.28. The molecule has 2 rings (SSSR count). The summed E-state index contributed by atoms with van der Waals surface area (Å²) in [7, 11) is 3.22. The van der Waals surface area contributed by atoms with Crippen LogP contribution >= 0.6 is 0 Å². The van der Waals surface area contributed by atoms with Crippen molar-refractivity contribution in [2.24, 2.45) is 0 Å². The molecule has 2 amide bonds. The van der Waals surface area contributed by atoms with E-state index in [9.17, 15) is 4.79 Å². The molecule has 0 bridgehead atoms. The Balaban J connectivity index is 1.84. The molecule has 0 aliphatic heterocycles. The second kappa shape index (κ2) is 10.3. The molecule has 140 valence electrons. The summed E-state index contributed by atoms with van der Waals surface area (Å²) < 4.78 is 16.3. The van der Waals surface area contributed by atoms with Crippen molar-refractivity contribution in [2.45, 2.75) is 19.6 Å². The van der Waals surface area contributed by atoms with E-state index in [0.717, 1.165) is 11.1 Å². The van der Waals surface area contributed by atoms with Gasteiger partial charge in [-0.25, -0.2) is 4.79 Å². The van der Waals surface area contributed by atoms with Crippen molar-refractivity contribution >= 4 is 6.03 Å². The van der Waals surface area contributed by atoms with Crippen molar-refractivity contribution in [3.8, 4) is 11.5 Å². The van der Waals surface area contributed by atoms with E-state index < -0.39 is 0 Å². The number of benzene rings is 2. The van der Waals surface area contributed by atoms with E-state index in [1.54, 1.807) is 14.2 Å². The second-order valence-electron chi connectivity index (χ2n) is 5.62. The fraction of sp³-hybridized carbons (Fsp3) is 0.350. The highest BCUT2D eigenvalue weighted by atomic mass is 16.5. The highest BCUT2D eigenvalue weighted by Crippen LogP contribution is 2.27. The molecule has 0 aromatic heterocycles. The average Bonchev–Trinajstić information content (AvgIpc) is 2.68. The van der Waals surface area contributed by atoms with Gasteiger partial charge in [0.15, 0.2) is 11.5 Å². The summed E-state index contributed by atoms with van der Waals surface area (Å²) >= 11 is 0. The Morgan fingerprint density at radius 1 is 1.04 bits per heavy atom. The first kappa shape index (κ1) is 19.6. The minimum atomic E-state index is -0.254. The van der Waals surface area contributed by atoms with Gasteiger partial charge in [0, 0.05) is 20.2 Å². The Morgan fingerprint density at radius 2 is 1.81 bits per heavy atom. The lowest BCUT2D eigenvalue weighted by Gasteiger charge is -2.17. The van der Waals surface area contributed by atoms with Crippen LogP contribution in [0.4, 0.5) is 4.79 Å². The predicted molar refractivity (Wildman–Crippen MR) is 101 cm³/mol. The first-order chi connectivity index (χ1) is 12.7. The molecule has 0 saturated heterocycles. The zero-order chi connectivity index (χ0) is 18.8. The van der Waals surface area contributed by atoms with Gasteiger partial charge in [-0.2, -0.15) is 0 Å². The van der Waals surface area contributed by atoms with Gasteiger partial charge in [0.05, 0.1) is 19.8 Å². The highest BCUT2D eigenvalue weighted by molar-refractivity contribution is 5.73. The maximum Gasteiger partial charge on any atom is 0.315 e. The third-order valence-corrected chi connectivity index (χ3v) is 3.88. The molecule has 26 heavy (non-hydrogen) atoms. The third kappa shape index (κ3) is 5.67. The summed E-state index contributed by atoms with van der Waals surface area (Å²) in [6.07, 6.45) is -0.187. The van der Waals surface area contributed by atoms with Crippen LogP contribution in [0, 0.1) is 0 Å². The van der Waals surface area contributed by atoms with E-state index in [0.29, 0.717) is 31.2 Å². The molecule has 1 unspecified atom stereocenters. The van der Waals surface area contributed by atoms with E-state index in [1.165, 1.54) is 0 Å². The number of carbonyl (C=O) groups is 1. The first-order valence-corrected chi connectivity index (χ1v) is 8.57. The van der Waals surface area contributed by atoms with Crippen LogP contribution in [0.15, 0.2) is 48.5 Å². The van der Waals surface area contributed by atoms with E-state index in [1.807, 2.05) is 55.5 Å². The maximum absolute atomic E-state index is 12.1. The van der Waals surface area contributed by atoms with Gasteiger partial charge in [-0.15, -0.1) is 0 Å². The zero-order valence-corrected chi connectivity index (χ0v) is 15.5. The summed E-state index contributed by atoms with van der Waals surface area (Å²) in [5.74, 6) is 1.34. The molecule has 0 aliphatic carbocycles. The Hall–Kier alpha value is -2.73. The molecule has 0 aliphatic rings. The standard InChI is InChI=1S/C20H26N2O4/c1-4-26-17-11-10-15(12-18(17)24-2)13-21-20(23)22-14-19(25-3)16-8-6-5-7-9-16/h5-12,19H,4,13-14H2,1-3H3,(H2,21,22,23). The summed E-state index contributed by atoms with van der Waals surface area (Å²) in [6.45, 7) is 3.26. The monoisotopic (exact) mass is 358 g/mol. The minimum absolute atomic E-state index is 0.187. The topological polar surface area (TPSA) is 68.8 Å². The Morgan fingerprint density at radius 3 is 2.46 bits per heavy atom. The number of carbonyl (C=O) groups excluding carboxylic acids is 1. The van der Waals surface area contributed by atoms with Gasteiger partial charge in [0.1, 0.15) is 0 Å². The van der Waals surface area contributed by atoms with Crippen LogP contribution < -0.4 is 20.1 Å². The van der Waals surface area contributed by atoms with E-state index in [-0.39, 0.29) is 12.1 Å². The van der Waals surface area contributed by atoms with Gasteiger partial charge >= 0.3 is 6.03 Å². The molecular formula is C20H26N2O4. The third-order valence-electron chi connectivity index (χ3n) is 3.88. The quantitative estimate of drug-likeness (QED) is 0.722. The van der Waals surface area contributed by atoms with Gasteiger partial charge < -0.3 is 24.8 Å². The fourth-order valence-electron chi connectivity index (χ4n) is 2.53. The molecule has 6 heteroatoms. The van der Waals surface area contributed by atoms with E-state index in [4.69, 9.17) is 14.2 Å². The SMILES string of the molecule is CCOc1ccc(CNC(=O)NCC(OC)c2ccccc2)cc1OC. The molecule has 0 saturated carbocycles. The Labute approximate surface area is 154 Å².